The lowest BCUT2D eigenvalue weighted by Crippen LogP contribution is -2.49. The van der Waals surface area contributed by atoms with Crippen LogP contribution in [0.25, 0.3) is 11.0 Å². The zero-order chi connectivity index (χ0) is 33.7. The average Bonchev–Trinajstić information content (AvgIpc) is 3.67. The first-order valence-electron chi connectivity index (χ1n) is 16.2. The highest BCUT2D eigenvalue weighted by Gasteiger charge is 2.33. The number of aliphatic carboxylic acids is 1. The average molecular weight is 639 g/mol. The molecule has 2 unspecified atom stereocenters. The highest BCUT2D eigenvalue weighted by molar-refractivity contribution is 5.80. The standard InChI is InChI=1S/C21H24N2O.C8H15NO4.C6H11NO2/c1-24-17-12-13-18-20(14-17)23-21(16-7-5-8-16)19(22-18)9-4-2-3-6-15-10-11-15;1-8(2,3)5(6(10)11)9-7(12)13-4;1-9-6(8)5-3-2-4-7-5/h12-16H,2-3,5-8,10-11H2,1H3;5H,1-4H3,(H,9,12)(H,10,11);5,7H,2-4H2,1H3. The van der Waals surface area contributed by atoms with E-state index < -0.39 is 23.5 Å². The summed E-state index contributed by atoms with van der Waals surface area (Å²) in [6.07, 6.45) is 11.4. The molecule has 0 radical (unpaired) electrons. The molecule has 1 saturated heterocycles. The maximum atomic E-state index is 10.8. The molecule has 5 rings (SSSR count). The van der Waals surface area contributed by atoms with Crippen LogP contribution >= 0.6 is 0 Å². The van der Waals surface area contributed by atoms with Crippen LogP contribution in [0, 0.1) is 23.2 Å². The number of ether oxygens (including phenoxy) is 3. The van der Waals surface area contributed by atoms with Crippen molar-refractivity contribution in [3.8, 4) is 17.6 Å². The Hall–Kier alpha value is -3.91. The van der Waals surface area contributed by atoms with Crippen LogP contribution in [0.2, 0.25) is 0 Å². The molecule has 1 aliphatic heterocycles. The van der Waals surface area contributed by atoms with E-state index in [9.17, 15) is 14.4 Å². The van der Waals surface area contributed by atoms with Crippen molar-refractivity contribution in [2.75, 3.05) is 27.9 Å². The number of carboxylic acid groups (broad SMARTS) is 1. The molecule has 0 spiro atoms. The van der Waals surface area contributed by atoms with Crippen LogP contribution in [-0.2, 0) is 19.1 Å². The fourth-order valence-electron chi connectivity index (χ4n) is 5.12. The zero-order valence-electron chi connectivity index (χ0n) is 28.1. The minimum atomic E-state index is -1.07. The molecule has 11 nitrogen and oxygen atoms in total. The summed E-state index contributed by atoms with van der Waals surface area (Å²) in [5.74, 6) is 7.81. The van der Waals surface area contributed by atoms with Gasteiger partial charge in [-0.3, -0.25) is 4.79 Å². The van der Waals surface area contributed by atoms with Crippen LogP contribution in [0.15, 0.2) is 18.2 Å². The van der Waals surface area contributed by atoms with E-state index in [1.165, 1.54) is 59.2 Å². The molecule has 1 amide bonds. The molecule has 2 atom stereocenters. The number of carboxylic acids is 1. The number of nitrogens with zero attached hydrogens (tertiary/aromatic N) is 2. The van der Waals surface area contributed by atoms with Gasteiger partial charge in [0.05, 0.1) is 38.1 Å². The van der Waals surface area contributed by atoms with Gasteiger partial charge in [-0.25, -0.2) is 19.6 Å². The summed E-state index contributed by atoms with van der Waals surface area (Å²) in [6, 6.07) is 4.91. The predicted octanol–water partition coefficient (Wildman–Crippen LogP) is 5.59. The highest BCUT2D eigenvalue weighted by atomic mass is 16.5. The smallest absolute Gasteiger partial charge is 0.407 e. The SMILES string of the molecule is COC(=O)C1CCCN1.COC(=O)NC(C(=O)O)C(C)(C)C.COc1ccc2nc(C#CCCCC3CC3)c(C3CCC3)nc2c1. The van der Waals surface area contributed by atoms with Crippen LogP contribution < -0.4 is 15.4 Å². The van der Waals surface area contributed by atoms with Crippen LogP contribution in [0.4, 0.5) is 4.79 Å². The van der Waals surface area contributed by atoms with E-state index >= 15 is 0 Å². The molecule has 2 aromatic rings. The molecule has 3 N–H and O–H groups in total. The van der Waals surface area contributed by atoms with E-state index in [0.717, 1.165) is 59.9 Å². The lowest BCUT2D eigenvalue weighted by Gasteiger charge is -2.26. The zero-order valence-corrected chi connectivity index (χ0v) is 28.1. The Kier molecular flexibility index (Phi) is 14.1. The molecule has 1 aromatic carbocycles. The number of nitrogens with one attached hydrogen (secondary N) is 2. The molecule has 1 aromatic heterocycles. The molecule has 3 fully saturated rings. The number of esters is 1. The molecule has 2 saturated carbocycles. The lowest BCUT2D eigenvalue weighted by atomic mass is 9.82. The summed E-state index contributed by atoms with van der Waals surface area (Å²) in [6.45, 7) is 6.12. The fourth-order valence-corrected chi connectivity index (χ4v) is 5.12. The Morgan fingerprint density at radius 3 is 2.28 bits per heavy atom. The molecular formula is C35H50N4O7. The predicted molar refractivity (Wildman–Crippen MR) is 176 cm³/mol. The first-order chi connectivity index (χ1) is 22.0. The Balaban J connectivity index is 0.000000220. The number of carbonyl (C=O) groups excluding carboxylic acids is 2. The van der Waals surface area contributed by atoms with E-state index in [-0.39, 0.29) is 12.0 Å². The summed E-state index contributed by atoms with van der Waals surface area (Å²) in [5.41, 5.74) is 3.26. The van der Waals surface area contributed by atoms with Gasteiger partial charge in [-0.2, -0.15) is 0 Å². The second-order valence-electron chi connectivity index (χ2n) is 13.0. The van der Waals surface area contributed by atoms with Crippen molar-refractivity contribution in [2.24, 2.45) is 11.3 Å². The number of carbonyl (C=O) groups is 3. The minimum absolute atomic E-state index is 0.0324. The van der Waals surface area contributed by atoms with Crippen molar-refractivity contribution < 1.29 is 33.7 Å². The monoisotopic (exact) mass is 638 g/mol. The van der Waals surface area contributed by atoms with Gasteiger partial charge < -0.3 is 30.0 Å². The maximum absolute atomic E-state index is 10.8. The largest absolute Gasteiger partial charge is 0.497 e. The van der Waals surface area contributed by atoms with Crippen molar-refractivity contribution in [3.05, 3.63) is 29.6 Å². The summed E-state index contributed by atoms with van der Waals surface area (Å²) in [5, 5.41) is 14.1. The summed E-state index contributed by atoms with van der Waals surface area (Å²) in [4.78, 5) is 41.9. The number of benzene rings is 1. The molecular weight excluding hydrogens is 588 g/mol. The summed E-state index contributed by atoms with van der Waals surface area (Å²) >= 11 is 0. The van der Waals surface area contributed by atoms with Crippen molar-refractivity contribution in [2.45, 2.75) is 103 Å². The first-order valence-corrected chi connectivity index (χ1v) is 16.2. The van der Waals surface area contributed by atoms with Gasteiger partial charge in [0.1, 0.15) is 23.5 Å². The van der Waals surface area contributed by atoms with Gasteiger partial charge in [0, 0.05) is 18.4 Å². The first kappa shape index (κ1) is 36.6. The topological polar surface area (TPSA) is 149 Å². The second kappa shape index (κ2) is 17.7. The number of amides is 1. The van der Waals surface area contributed by atoms with Crippen molar-refractivity contribution in [1.29, 1.82) is 0 Å². The number of hydrogen-bond donors (Lipinski definition) is 3. The van der Waals surface area contributed by atoms with E-state index in [1.54, 1.807) is 27.9 Å². The highest BCUT2D eigenvalue weighted by Crippen LogP contribution is 2.37. The summed E-state index contributed by atoms with van der Waals surface area (Å²) < 4.78 is 14.2. The molecule has 0 bridgehead atoms. The minimum Gasteiger partial charge on any atom is -0.497 e. The third-order valence-electron chi connectivity index (χ3n) is 8.31. The lowest BCUT2D eigenvalue weighted by molar-refractivity contribution is -0.143. The van der Waals surface area contributed by atoms with E-state index in [4.69, 9.17) is 19.8 Å². The Labute approximate surface area is 272 Å². The van der Waals surface area contributed by atoms with Gasteiger partial charge in [0.2, 0.25) is 0 Å². The van der Waals surface area contributed by atoms with Gasteiger partial charge >= 0.3 is 18.0 Å². The van der Waals surface area contributed by atoms with Gasteiger partial charge in [-0.1, -0.05) is 46.0 Å². The molecule has 11 heteroatoms. The molecule has 3 aliphatic rings. The Morgan fingerprint density at radius 2 is 1.76 bits per heavy atom. The van der Waals surface area contributed by atoms with Gasteiger partial charge in [0.25, 0.3) is 0 Å². The van der Waals surface area contributed by atoms with Crippen molar-refractivity contribution in [1.82, 2.24) is 20.6 Å². The third-order valence-corrected chi connectivity index (χ3v) is 8.31. The number of aromatic nitrogens is 2. The third kappa shape index (κ3) is 11.5. The molecule has 2 heterocycles. The number of unbranched alkanes of at least 4 members (excludes halogenated alkanes) is 1. The number of methoxy groups -OCH3 is 3. The fraction of sp³-hybridized carbons (Fsp3) is 0.629. The molecule has 252 valence electrons. The van der Waals surface area contributed by atoms with Crippen LogP contribution in [0.5, 0.6) is 5.75 Å². The van der Waals surface area contributed by atoms with Crippen LogP contribution in [0.1, 0.15) is 102 Å². The number of rotatable bonds is 8. The number of hydrogen-bond acceptors (Lipinski definition) is 9. The van der Waals surface area contributed by atoms with Crippen molar-refractivity contribution in [3.63, 3.8) is 0 Å². The molecule has 2 aliphatic carbocycles. The summed E-state index contributed by atoms with van der Waals surface area (Å²) in [7, 11) is 4.29. The quantitative estimate of drug-likeness (QED) is 0.190. The second-order valence-corrected chi connectivity index (χ2v) is 13.0. The van der Waals surface area contributed by atoms with Crippen LogP contribution in [-0.4, -0.2) is 73.1 Å². The van der Waals surface area contributed by atoms with Crippen LogP contribution in [0.3, 0.4) is 0 Å². The van der Waals surface area contributed by atoms with Crippen molar-refractivity contribution >= 4 is 29.1 Å². The molecule has 46 heavy (non-hydrogen) atoms. The normalized spacial score (nSPS) is 17.8. The Bertz CT molecular complexity index is 1380. The van der Waals surface area contributed by atoms with Gasteiger partial charge in [0.15, 0.2) is 0 Å². The number of alkyl carbamates (subject to hydrolysis) is 1. The van der Waals surface area contributed by atoms with Gasteiger partial charge in [-0.05, 0) is 74.5 Å². The maximum Gasteiger partial charge on any atom is 0.407 e. The number of fused-ring (bicyclic) bond motifs is 1. The van der Waals surface area contributed by atoms with E-state index in [2.05, 4.69) is 31.9 Å². The Morgan fingerprint density at radius 1 is 1.02 bits per heavy atom. The van der Waals surface area contributed by atoms with Gasteiger partial charge in [-0.15, -0.1) is 0 Å². The van der Waals surface area contributed by atoms with E-state index in [1.807, 2.05) is 18.2 Å². The van der Waals surface area contributed by atoms with E-state index in [0.29, 0.717) is 5.92 Å².